The zero-order valence-corrected chi connectivity index (χ0v) is 31.8. The molecule has 0 N–H and O–H groups in total. The Morgan fingerprint density at radius 1 is 0.351 bits per heavy atom. The number of fused-ring (bicyclic) bond motifs is 6. The molecule has 57 heavy (non-hydrogen) atoms. The van der Waals surface area contributed by atoms with Crippen LogP contribution in [0, 0.1) is 0 Å². The van der Waals surface area contributed by atoms with Crippen LogP contribution in [0.1, 0.15) is 0 Å². The zero-order chi connectivity index (χ0) is 37.7. The van der Waals surface area contributed by atoms with Gasteiger partial charge in [-0.1, -0.05) is 170 Å². The van der Waals surface area contributed by atoms with E-state index in [0.717, 1.165) is 50.1 Å². The highest BCUT2D eigenvalue weighted by atomic mass is 32.1. The summed E-state index contributed by atoms with van der Waals surface area (Å²) in [5.74, 6) is 0. The number of benzene rings is 9. The summed E-state index contributed by atoms with van der Waals surface area (Å²) < 4.78 is 9.45. The molecule has 11 rings (SSSR count). The second kappa shape index (κ2) is 13.8. The summed E-state index contributed by atoms with van der Waals surface area (Å²) in [5.41, 5.74) is 14.3. The maximum atomic E-state index is 6.84. The van der Waals surface area contributed by atoms with Gasteiger partial charge >= 0.3 is 0 Å². The lowest BCUT2D eigenvalue weighted by Crippen LogP contribution is -2.11. The molecule has 0 radical (unpaired) electrons. The molecule has 0 spiro atoms. The fourth-order valence-corrected chi connectivity index (χ4v) is 9.66. The maximum absolute atomic E-state index is 6.84. The molecule has 9 aromatic carbocycles. The standard InChI is InChI=1S/C54H35NOS/c1-4-14-36(15-5-1)37-24-28-41(29-25-37)55(52-44(38-16-6-2-7-17-38)33-35-47-46-20-10-12-22-49(46)56-53(47)52)42-30-26-40(27-31-42)43-32-34-45(39-18-8-3-9-19-39)54-51(43)48-21-11-13-23-50(48)57-54/h1-35H. The van der Waals surface area contributed by atoms with Crippen LogP contribution < -0.4 is 4.90 Å². The molecule has 0 fully saturated rings. The molecule has 2 heterocycles. The van der Waals surface area contributed by atoms with E-state index in [4.69, 9.17) is 4.42 Å². The van der Waals surface area contributed by atoms with Gasteiger partial charge in [0.05, 0.1) is 5.69 Å². The number of anilines is 3. The molecule has 0 amide bonds. The SMILES string of the molecule is c1ccc(-c2ccc(N(c3ccc(-c4ccc(-c5ccccc5)c5sc6ccccc6c45)cc3)c3c(-c4ccccc4)ccc4c3oc3ccccc34)cc2)cc1. The average molecular weight is 746 g/mol. The van der Waals surface area contributed by atoms with Crippen LogP contribution in [0.15, 0.2) is 217 Å². The largest absolute Gasteiger partial charge is 0.454 e. The Hall–Kier alpha value is -7.20. The van der Waals surface area contributed by atoms with E-state index in [2.05, 4.69) is 211 Å². The Morgan fingerprint density at radius 2 is 0.842 bits per heavy atom. The van der Waals surface area contributed by atoms with Crippen LogP contribution in [-0.2, 0) is 0 Å². The number of thiophene rings is 1. The van der Waals surface area contributed by atoms with Crippen LogP contribution in [0.3, 0.4) is 0 Å². The quantitative estimate of drug-likeness (QED) is 0.162. The van der Waals surface area contributed by atoms with Gasteiger partial charge in [0.25, 0.3) is 0 Å². The summed E-state index contributed by atoms with van der Waals surface area (Å²) in [6.07, 6.45) is 0. The summed E-state index contributed by atoms with van der Waals surface area (Å²) >= 11 is 1.88. The van der Waals surface area contributed by atoms with E-state index >= 15 is 0 Å². The number of hydrogen-bond donors (Lipinski definition) is 0. The number of para-hydroxylation sites is 1. The second-order valence-corrected chi connectivity index (χ2v) is 15.5. The van der Waals surface area contributed by atoms with E-state index in [1.54, 1.807) is 0 Å². The fourth-order valence-electron chi connectivity index (χ4n) is 8.39. The van der Waals surface area contributed by atoms with Crippen LogP contribution in [-0.4, -0.2) is 0 Å². The monoisotopic (exact) mass is 745 g/mol. The molecular weight excluding hydrogens is 711 g/mol. The first-order valence-electron chi connectivity index (χ1n) is 19.3. The third kappa shape index (κ3) is 5.71. The van der Waals surface area contributed by atoms with Crippen LogP contribution in [0.5, 0.6) is 0 Å². The first-order chi connectivity index (χ1) is 28.3. The average Bonchev–Trinajstić information content (AvgIpc) is 3.87. The van der Waals surface area contributed by atoms with Crippen LogP contribution in [0.2, 0.25) is 0 Å². The number of nitrogens with zero attached hydrogens (tertiary/aromatic N) is 1. The van der Waals surface area contributed by atoms with Gasteiger partial charge in [0.1, 0.15) is 5.58 Å². The van der Waals surface area contributed by atoms with Crippen molar-refractivity contribution in [3.05, 3.63) is 212 Å². The minimum Gasteiger partial charge on any atom is -0.454 e. The van der Waals surface area contributed by atoms with Crippen molar-refractivity contribution < 1.29 is 4.42 Å². The highest BCUT2D eigenvalue weighted by Crippen LogP contribution is 2.49. The Balaban J connectivity index is 1.12. The lowest BCUT2D eigenvalue weighted by atomic mass is 9.94. The van der Waals surface area contributed by atoms with Crippen molar-refractivity contribution in [3.8, 4) is 44.5 Å². The minimum absolute atomic E-state index is 0.858. The van der Waals surface area contributed by atoms with Gasteiger partial charge in [0, 0.05) is 47.9 Å². The maximum Gasteiger partial charge on any atom is 0.160 e. The smallest absolute Gasteiger partial charge is 0.160 e. The predicted octanol–water partition coefficient (Wildman–Crippen LogP) is 16.1. The molecule has 268 valence electrons. The molecule has 0 saturated carbocycles. The molecule has 2 aromatic heterocycles. The first kappa shape index (κ1) is 33.2. The summed E-state index contributed by atoms with van der Waals surface area (Å²) in [4.78, 5) is 2.37. The predicted molar refractivity (Wildman–Crippen MR) is 243 cm³/mol. The minimum atomic E-state index is 0.858. The van der Waals surface area contributed by atoms with Gasteiger partial charge < -0.3 is 9.32 Å². The van der Waals surface area contributed by atoms with Gasteiger partial charge in [-0.15, -0.1) is 11.3 Å². The van der Waals surface area contributed by atoms with E-state index in [9.17, 15) is 0 Å². The van der Waals surface area contributed by atoms with Crippen LogP contribution >= 0.6 is 11.3 Å². The molecule has 0 atom stereocenters. The van der Waals surface area contributed by atoms with Crippen molar-refractivity contribution in [1.82, 2.24) is 0 Å². The molecule has 3 heteroatoms. The Labute approximate surface area is 335 Å². The van der Waals surface area contributed by atoms with Crippen molar-refractivity contribution in [2.75, 3.05) is 4.90 Å². The summed E-state index contributed by atoms with van der Waals surface area (Å²) in [6.45, 7) is 0. The molecule has 0 bridgehead atoms. The third-order valence-corrected chi connectivity index (χ3v) is 12.3. The lowest BCUT2D eigenvalue weighted by Gasteiger charge is -2.28. The summed E-state index contributed by atoms with van der Waals surface area (Å²) in [5, 5.41) is 4.79. The molecule has 0 aliphatic heterocycles. The summed E-state index contributed by atoms with van der Waals surface area (Å²) in [6, 6.07) is 76.2. The van der Waals surface area contributed by atoms with Crippen molar-refractivity contribution in [2.24, 2.45) is 0 Å². The molecule has 2 nitrogen and oxygen atoms in total. The van der Waals surface area contributed by atoms with Gasteiger partial charge in [-0.25, -0.2) is 0 Å². The first-order valence-corrected chi connectivity index (χ1v) is 20.2. The van der Waals surface area contributed by atoms with Crippen molar-refractivity contribution in [1.29, 1.82) is 0 Å². The second-order valence-electron chi connectivity index (χ2n) is 14.4. The third-order valence-electron chi connectivity index (χ3n) is 11.1. The number of rotatable bonds is 7. The van der Waals surface area contributed by atoms with E-state index < -0.39 is 0 Å². The zero-order valence-electron chi connectivity index (χ0n) is 31.0. The Kier molecular flexibility index (Phi) is 8.04. The van der Waals surface area contributed by atoms with Gasteiger partial charge in [-0.3, -0.25) is 0 Å². The van der Waals surface area contributed by atoms with Crippen molar-refractivity contribution in [2.45, 2.75) is 0 Å². The number of hydrogen-bond acceptors (Lipinski definition) is 3. The normalized spacial score (nSPS) is 11.5. The fraction of sp³-hybridized carbons (Fsp3) is 0. The Morgan fingerprint density at radius 3 is 1.53 bits per heavy atom. The molecule has 0 saturated heterocycles. The van der Waals surface area contributed by atoms with Gasteiger partial charge in [-0.2, -0.15) is 0 Å². The number of furan rings is 1. The van der Waals surface area contributed by atoms with E-state index in [1.165, 1.54) is 53.6 Å². The molecule has 11 aromatic rings. The van der Waals surface area contributed by atoms with Gasteiger partial charge in [-0.05, 0) is 81.4 Å². The van der Waals surface area contributed by atoms with Crippen LogP contribution in [0.25, 0.3) is 86.6 Å². The van der Waals surface area contributed by atoms with Crippen molar-refractivity contribution >= 4 is 70.5 Å². The molecule has 0 aliphatic rings. The van der Waals surface area contributed by atoms with Crippen molar-refractivity contribution in [3.63, 3.8) is 0 Å². The topological polar surface area (TPSA) is 16.4 Å². The lowest BCUT2D eigenvalue weighted by molar-refractivity contribution is 0.669. The summed E-state index contributed by atoms with van der Waals surface area (Å²) in [7, 11) is 0. The Bertz CT molecular complexity index is 3200. The van der Waals surface area contributed by atoms with E-state index in [1.807, 2.05) is 17.4 Å². The highest BCUT2D eigenvalue weighted by molar-refractivity contribution is 7.26. The molecule has 0 unspecified atom stereocenters. The highest BCUT2D eigenvalue weighted by Gasteiger charge is 2.24. The van der Waals surface area contributed by atoms with E-state index in [-0.39, 0.29) is 0 Å². The van der Waals surface area contributed by atoms with Gasteiger partial charge in [0.2, 0.25) is 0 Å². The van der Waals surface area contributed by atoms with Crippen LogP contribution in [0.4, 0.5) is 17.1 Å². The van der Waals surface area contributed by atoms with E-state index in [0.29, 0.717) is 0 Å². The molecular formula is C54H35NOS. The molecule has 0 aliphatic carbocycles. The van der Waals surface area contributed by atoms with Gasteiger partial charge in [0.15, 0.2) is 5.58 Å².